The Morgan fingerprint density at radius 1 is 0.960 bits per heavy atom. The van der Waals surface area contributed by atoms with E-state index in [1.807, 2.05) is 59.4 Å². The number of para-hydroxylation sites is 2. The Morgan fingerprint density at radius 2 is 1.68 bits per heavy atom. The van der Waals surface area contributed by atoms with Crippen LogP contribution in [0.3, 0.4) is 0 Å². The first-order valence-electron chi connectivity index (χ1n) is 8.76. The van der Waals surface area contributed by atoms with Crippen molar-refractivity contribution in [2.24, 2.45) is 0 Å². The SMILES string of the molecule is Oc1ccccc1C1CCN(Cc2cn(-c3ccccc3)nn2)CC1. The van der Waals surface area contributed by atoms with Gasteiger partial charge < -0.3 is 5.11 Å². The third kappa shape index (κ3) is 3.56. The maximum atomic E-state index is 10.0. The lowest BCUT2D eigenvalue weighted by molar-refractivity contribution is 0.201. The van der Waals surface area contributed by atoms with E-state index < -0.39 is 0 Å². The molecule has 1 fully saturated rings. The van der Waals surface area contributed by atoms with Gasteiger partial charge in [-0.3, -0.25) is 4.90 Å². The molecule has 2 aromatic carbocycles. The number of piperidine rings is 1. The second-order valence-corrected chi connectivity index (χ2v) is 6.60. The van der Waals surface area contributed by atoms with Gasteiger partial charge in [0.15, 0.2) is 0 Å². The van der Waals surface area contributed by atoms with Crippen LogP contribution in [0.2, 0.25) is 0 Å². The fourth-order valence-electron chi connectivity index (χ4n) is 3.54. The summed E-state index contributed by atoms with van der Waals surface area (Å²) < 4.78 is 1.82. The normalized spacial score (nSPS) is 16.2. The van der Waals surface area contributed by atoms with Crippen LogP contribution in [0.1, 0.15) is 30.0 Å². The maximum absolute atomic E-state index is 10.0. The van der Waals surface area contributed by atoms with Crippen LogP contribution in [0.4, 0.5) is 0 Å². The number of benzene rings is 2. The van der Waals surface area contributed by atoms with Crippen molar-refractivity contribution >= 4 is 0 Å². The van der Waals surface area contributed by atoms with Crippen LogP contribution in [0.15, 0.2) is 60.8 Å². The predicted molar refractivity (Wildman–Crippen MR) is 96.7 cm³/mol. The number of nitrogens with zero attached hydrogens (tertiary/aromatic N) is 4. The molecular weight excluding hydrogens is 312 g/mol. The Kier molecular flexibility index (Phi) is 4.48. The minimum absolute atomic E-state index is 0.423. The summed E-state index contributed by atoms with van der Waals surface area (Å²) >= 11 is 0. The van der Waals surface area contributed by atoms with Gasteiger partial charge in [-0.15, -0.1) is 5.10 Å². The quantitative estimate of drug-likeness (QED) is 0.795. The third-order valence-corrected chi connectivity index (χ3v) is 4.91. The van der Waals surface area contributed by atoms with Crippen LogP contribution in [0, 0.1) is 0 Å². The molecule has 0 saturated carbocycles. The lowest BCUT2D eigenvalue weighted by atomic mass is 9.89. The zero-order chi connectivity index (χ0) is 17.1. The van der Waals surface area contributed by atoms with E-state index >= 15 is 0 Å². The van der Waals surface area contributed by atoms with E-state index in [0.29, 0.717) is 11.7 Å². The maximum Gasteiger partial charge on any atom is 0.119 e. The van der Waals surface area contributed by atoms with Gasteiger partial charge in [0.25, 0.3) is 0 Å². The number of phenols is 1. The molecule has 0 unspecified atom stereocenters. The third-order valence-electron chi connectivity index (χ3n) is 4.91. The molecule has 0 aliphatic carbocycles. The second-order valence-electron chi connectivity index (χ2n) is 6.60. The van der Waals surface area contributed by atoms with Crippen LogP contribution in [0.25, 0.3) is 5.69 Å². The molecule has 5 nitrogen and oxygen atoms in total. The van der Waals surface area contributed by atoms with Crippen molar-refractivity contribution < 1.29 is 5.11 Å². The minimum Gasteiger partial charge on any atom is -0.508 e. The highest BCUT2D eigenvalue weighted by atomic mass is 16.3. The fraction of sp³-hybridized carbons (Fsp3) is 0.300. The molecule has 0 bridgehead atoms. The first-order valence-corrected chi connectivity index (χ1v) is 8.76. The van der Waals surface area contributed by atoms with Crippen molar-refractivity contribution in [2.45, 2.75) is 25.3 Å². The Morgan fingerprint density at radius 3 is 2.44 bits per heavy atom. The largest absolute Gasteiger partial charge is 0.508 e. The van der Waals surface area contributed by atoms with Crippen LogP contribution in [-0.4, -0.2) is 38.1 Å². The van der Waals surface area contributed by atoms with E-state index in [0.717, 1.165) is 49.4 Å². The van der Waals surface area contributed by atoms with Gasteiger partial charge in [0.2, 0.25) is 0 Å². The average Bonchev–Trinajstić information content (AvgIpc) is 3.12. The van der Waals surface area contributed by atoms with E-state index in [4.69, 9.17) is 0 Å². The predicted octanol–water partition coefficient (Wildman–Crippen LogP) is 3.35. The molecule has 1 aliphatic heterocycles. The Balaban J connectivity index is 1.36. The Bertz CT molecular complexity index is 822. The van der Waals surface area contributed by atoms with Crippen molar-refractivity contribution in [3.8, 4) is 11.4 Å². The second kappa shape index (κ2) is 7.07. The highest BCUT2D eigenvalue weighted by molar-refractivity contribution is 5.35. The Labute approximate surface area is 147 Å². The molecule has 2 heterocycles. The standard InChI is InChI=1S/C20H22N4O/c25-20-9-5-4-8-19(20)16-10-12-23(13-11-16)14-17-15-24(22-21-17)18-6-2-1-3-7-18/h1-9,15-16,25H,10-14H2. The fourth-order valence-corrected chi connectivity index (χ4v) is 3.54. The van der Waals surface area contributed by atoms with Gasteiger partial charge in [-0.1, -0.05) is 41.6 Å². The van der Waals surface area contributed by atoms with Crippen LogP contribution >= 0.6 is 0 Å². The molecule has 0 atom stereocenters. The highest BCUT2D eigenvalue weighted by Crippen LogP contribution is 2.33. The summed E-state index contributed by atoms with van der Waals surface area (Å²) in [7, 11) is 0. The number of hydrogen-bond acceptors (Lipinski definition) is 4. The molecule has 128 valence electrons. The van der Waals surface area contributed by atoms with Gasteiger partial charge in [-0.05, 0) is 55.6 Å². The highest BCUT2D eigenvalue weighted by Gasteiger charge is 2.23. The van der Waals surface area contributed by atoms with E-state index in [2.05, 4.69) is 15.2 Å². The molecule has 1 N–H and O–H groups in total. The first-order chi connectivity index (χ1) is 12.3. The van der Waals surface area contributed by atoms with E-state index in [-0.39, 0.29) is 0 Å². The van der Waals surface area contributed by atoms with Crippen LogP contribution in [-0.2, 0) is 6.54 Å². The Hall–Kier alpha value is -2.66. The number of rotatable bonds is 4. The molecule has 3 aromatic rings. The van der Waals surface area contributed by atoms with Gasteiger partial charge in [0, 0.05) is 6.54 Å². The molecule has 4 rings (SSSR count). The lowest BCUT2D eigenvalue weighted by Crippen LogP contribution is -2.32. The number of aromatic nitrogens is 3. The van der Waals surface area contributed by atoms with E-state index in [1.165, 1.54) is 0 Å². The van der Waals surface area contributed by atoms with Gasteiger partial charge in [0.05, 0.1) is 17.6 Å². The molecule has 0 spiro atoms. The lowest BCUT2D eigenvalue weighted by Gasteiger charge is -2.31. The van der Waals surface area contributed by atoms with Crippen LogP contribution < -0.4 is 0 Å². The summed E-state index contributed by atoms with van der Waals surface area (Å²) in [5.41, 5.74) is 3.10. The molecule has 0 amide bonds. The molecule has 5 heteroatoms. The summed E-state index contributed by atoms with van der Waals surface area (Å²) in [6.45, 7) is 2.84. The summed E-state index contributed by atoms with van der Waals surface area (Å²) in [5.74, 6) is 0.865. The van der Waals surface area contributed by atoms with Crippen molar-refractivity contribution in [3.63, 3.8) is 0 Å². The zero-order valence-corrected chi connectivity index (χ0v) is 14.1. The van der Waals surface area contributed by atoms with Gasteiger partial charge in [0.1, 0.15) is 5.75 Å². The molecule has 1 aliphatic rings. The van der Waals surface area contributed by atoms with E-state index in [1.54, 1.807) is 6.07 Å². The molecular formula is C20H22N4O. The number of aromatic hydroxyl groups is 1. The first kappa shape index (κ1) is 15.8. The summed E-state index contributed by atoms with van der Waals surface area (Å²) in [4.78, 5) is 2.41. The van der Waals surface area contributed by atoms with Crippen LogP contribution in [0.5, 0.6) is 5.75 Å². The molecule has 1 aromatic heterocycles. The zero-order valence-electron chi connectivity index (χ0n) is 14.1. The summed E-state index contributed by atoms with van der Waals surface area (Å²) in [5, 5.41) is 18.6. The van der Waals surface area contributed by atoms with Crippen molar-refractivity contribution in [1.29, 1.82) is 0 Å². The number of hydrogen-bond donors (Lipinski definition) is 1. The molecule has 0 radical (unpaired) electrons. The molecule has 25 heavy (non-hydrogen) atoms. The topological polar surface area (TPSA) is 54.2 Å². The monoisotopic (exact) mass is 334 g/mol. The number of phenolic OH excluding ortho intramolecular Hbond substituents is 1. The smallest absolute Gasteiger partial charge is 0.119 e. The molecule has 1 saturated heterocycles. The van der Waals surface area contributed by atoms with Crippen molar-refractivity contribution in [3.05, 3.63) is 72.1 Å². The van der Waals surface area contributed by atoms with Crippen molar-refractivity contribution in [1.82, 2.24) is 19.9 Å². The minimum atomic E-state index is 0.423. The van der Waals surface area contributed by atoms with Gasteiger partial charge in [-0.2, -0.15) is 0 Å². The van der Waals surface area contributed by atoms with E-state index in [9.17, 15) is 5.11 Å². The number of likely N-dealkylation sites (tertiary alicyclic amines) is 1. The average molecular weight is 334 g/mol. The summed E-state index contributed by atoms with van der Waals surface area (Å²) in [6, 6.07) is 17.8. The summed E-state index contributed by atoms with van der Waals surface area (Å²) in [6.07, 6.45) is 4.12. The van der Waals surface area contributed by atoms with Gasteiger partial charge in [-0.25, -0.2) is 4.68 Å². The van der Waals surface area contributed by atoms with Crippen molar-refractivity contribution in [2.75, 3.05) is 13.1 Å². The van der Waals surface area contributed by atoms with Gasteiger partial charge >= 0.3 is 0 Å².